The minimum Gasteiger partial charge on any atom is -0.395 e. The zero-order valence-electron chi connectivity index (χ0n) is 9.60. The van der Waals surface area contributed by atoms with Crippen molar-refractivity contribution < 1.29 is 4.74 Å². The standard InChI is InChI=1S/C11H16N4O/c1-15(6-3-7-16-2)11-10(13)9(8-12)4-5-14-11/h4-5H,3,6-7,13H2,1-2H3. The number of nitriles is 1. The van der Waals surface area contributed by atoms with Crippen molar-refractivity contribution in [3.8, 4) is 6.07 Å². The van der Waals surface area contributed by atoms with Gasteiger partial charge in [-0.3, -0.25) is 0 Å². The van der Waals surface area contributed by atoms with Gasteiger partial charge in [0.2, 0.25) is 0 Å². The number of aromatic nitrogens is 1. The van der Waals surface area contributed by atoms with E-state index in [1.807, 2.05) is 18.0 Å². The number of nitrogen functional groups attached to an aromatic ring is 1. The third kappa shape index (κ3) is 2.84. The van der Waals surface area contributed by atoms with Crippen molar-refractivity contribution in [2.45, 2.75) is 6.42 Å². The zero-order valence-corrected chi connectivity index (χ0v) is 9.60. The summed E-state index contributed by atoms with van der Waals surface area (Å²) >= 11 is 0. The Morgan fingerprint density at radius 1 is 1.62 bits per heavy atom. The van der Waals surface area contributed by atoms with Crippen LogP contribution in [0.4, 0.5) is 11.5 Å². The number of pyridine rings is 1. The lowest BCUT2D eigenvalue weighted by Crippen LogP contribution is -2.22. The number of hydrogen-bond acceptors (Lipinski definition) is 5. The van der Waals surface area contributed by atoms with Crippen molar-refractivity contribution >= 4 is 11.5 Å². The molecule has 0 atom stereocenters. The van der Waals surface area contributed by atoms with Gasteiger partial charge in [0, 0.05) is 33.5 Å². The van der Waals surface area contributed by atoms with Gasteiger partial charge in [0.25, 0.3) is 0 Å². The number of hydrogen-bond donors (Lipinski definition) is 1. The van der Waals surface area contributed by atoms with Gasteiger partial charge in [-0.2, -0.15) is 5.26 Å². The van der Waals surface area contributed by atoms with Crippen LogP contribution >= 0.6 is 0 Å². The molecule has 0 unspecified atom stereocenters. The Labute approximate surface area is 95.4 Å². The fourth-order valence-electron chi connectivity index (χ4n) is 1.42. The Kier molecular flexibility index (Phi) is 4.55. The van der Waals surface area contributed by atoms with E-state index < -0.39 is 0 Å². The highest BCUT2D eigenvalue weighted by Crippen LogP contribution is 2.22. The predicted molar refractivity (Wildman–Crippen MR) is 63.1 cm³/mol. The van der Waals surface area contributed by atoms with Crippen molar-refractivity contribution in [1.29, 1.82) is 5.26 Å². The molecule has 0 aliphatic rings. The topological polar surface area (TPSA) is 75.2 Å². The second-order valence-electron chi connectivity index (χ2n) is 3.48. The molecule has 0 saturated carbocycles. The summed E-state index contributed by atoms with van der Waals surface area (Å²) in [6.07, 6.45) is 2.49. The van der Waals surface area contributed by atoms with Gasteiger partial charge in [0.1, 0.15) is 6.07 Å². The summed E-state index contributed by atoms with van der Waals surface area (Å²) in [6, 6.07) is 3.65. The minimum absolute atomic E-state index is 0.435. The van der Waals surface area contributed by atoms with Crippen LogP contribution in [0.1, 0.15) is 12.0 Å². The van der Waals surface area contributed by atoms with Gasteiger partial charge >= 0.3 is 0 Å². The largest absolute Gasteiger partial charge is 0.395 e. The van der Waals surface area contributed by atoms with Crippen molar-refractivity contribution in [3.05, 3.63) is 17.8 Å². The molecule has 0 saturated heterocycles. The van der Waals surface area contributed by atoms with Crippen molar-refractivity contribution in [3.63, 3.8) is 0 Å². The summed E-state index contributed by atoms with van der Waals surface area (Å²) in [4.78, 5) is 6.10. The monoisotopic (exact) mass is 220 g/mol. The molecule has 0 aliphatic carbocycles. The van der Waals surface area contributed by atoms with Crippen LogP contribution in [0.2, 0.25) is 0 Å². The van der Waals surface area contributed by atoms with E-state index in [1.165, 1.54) is 0 Å². The number of nitrogens with two attached hydrogens (primary N) is 1. The molecule has 16 heavy (non-hydrogen) atoms. The van der Waals surface area contributed by atoms with E-state index in [-0.39, 0.29) is 0 Å². The highest BCUT2D eigenvalue weighted by atomic mass is 16.5. The van der Waals surface area contributed by atoms with Crippen LogP contribution in [-0.2, 0) is 4.74 Å². The van der Waals surface area contributed by atoms with Crippen LogP contribution in [0.25, 0.3) is 0 Å². The summed E-state index contributed by atoms with van der Waals surface area (Å²) in [7, 11) is 3.57. The molecule has 0 amide bonds. The molecule has 0 bridgehead atoms. The summed E-state index contributed by atoms with van der Waals surface area (Å²) in [5.41, 5.74) is 6.74. The SMILES string of the molecule is COCCCN(C)c1nccc(C#N)c1N. The molecule has 0 radical (unpaired) electrons. The fraction of sp³-hybridized carbons (Fsp3) is 0.455. The lowest BCUT2D eigenvalue weighted by atomic mass is 10.2. The Bertz CT molecular complexity index is 386. The highest BCUT2D eigenvalue weighted by molar-refractivity contribution is 5.69. The maximum absolute atomic E-state index is 8.84. The lowest BCUT2D eigenvalue weighted by molar-refractivity contribution is 0.196. The smallest absolute Gasteiger partial charge is 0.152 e. The molecule has 0 aliphatic heterocycles. The van der Waals surface area contributed by atoms with Crippen LogP contribution in [0.15, 0.2) is 12.3 Å². The minimum atomic E-state index is 0.435. The van der Waals surface area contributed by atoms with Gasteiger partial charge in [-0.15, -0.1) is 0 Å². The van der Waals surface area contributed by atoms with Crippen LogP contribution < -0.4 is 10.6 Å². The number of anilines is 2. The molecule has 86 valence electrons. The summed E-state index contributed by atoms with van der Waals surface area (Å²) in [5, 5.41) is 8.84. The lowest BCUT2D eigenvalue weighted by Gasteiger charge is -2.19. The summed E-state index contributed by atoms with van der Waals surface area (Å²) in [5.74, 6) is 0.648. The van der Waals surface area contributed by atoms with Crippen LogP contribution in [0.3, 0.4) is 0 Å². The quantitative estimate of drug-likeness (QED) is 0.749. The molecular formula is C11H16N4O. The van der Waals surface area contributed by atoms with Gasteiger partial charge in [-0.1, -0.05) is 0 Å². The highest BCUT2D eigenvalue weighted by Gasteiger charge is 2.09. The van der Waals surface area contributed by atoms with E-state index >= 15 is 0 Å². The molecule has 0 aromatic carbocycles. The van der Waals surface area contributed by atoms with Crippen molar-refractivity contribution in [1.82, 2.24) is 4.98 Å². The zero-order chi connectivity index (χ0) is 12.0. The average molecular weight is 220 g/mol. The van der Waals surface area contributed by atoms with Gasteiger partial charge in [0.15, 0.2) is 5.82 Å². The second-order valence-corrected chi connectivity index (χ2v) is 3.48. The molecule has 1 aromatic heterocycles. The predicted octanol–water partition coefficient (Wildman–Crippen LogP) is 1.01. The van der Waals surface area contributed by atoms with Gasteiger partial charge in [-0.25, -0.2) is 4.98 Å². The van der Waals surface area contributed by atoms with E-state index in [4.69, 9.17) is 15.7 Å². The fourth-order valence-corrected chi connectivity index (χ4v) is 1.42. The van der Waals surface area contributed by atoms with Crippen molar-refractivity contribution in [2.24, 2.45) is 0 Å². The number of ether oxygens (including phenoxy) is 1. The van der Waals surface area contributed by atoms with Gasteiger partial charge in [-0.05, 0) is 12.5 Å². The normalized spacial score (nSPS) is 9.81. The van der Waals surface area contributed by atoms with Crippen LogP contribution in [-0.4, -0.2) is 32.3 Å². The molecule has 1 heterocycles. The second kappa shape index (κ2) is 5.93. The first-order valence-corrected chi connectivity index (χ1v) is 5.05. The van der Waals surface area contributed by atoms with E-state index in [1.54, 1.807) is 19.4 Å². The van der Waals surface area contributed by atoms with E-state index in [9.17, 15) is 0 Å². The Balaban J connectivity index is 2.76. The molecule has 0 spiro atoms. The van der Waals surface area contributed by atoms with E-state index in [0.717, 1.165) is 13.0 Å². The van der Waals surface area contributed by atoms with Crippen molar-refractivity contribution in [2.75, 3.05) is 37.9 Å². The molecule has 5 nitrogen and oxygen atoms in total. The summed E-state index contributed by atoms with van der Waals surface area (Å²) in [6.45, 7) is 1.49. The molecule has 1 aromatic rings. The van der Waals surface area contributed by atoms with E-state index in [2.05, 4.69) is 4.98 Å². The molecule has 1 rings (SSSR count). The Morgan fingerprint density at radius 3 is 3.00 bits per heavy atom. The first-order chi connectivity index (χ1) is 7.70. The average Bonchev–Trinajstić information content (AvgIpc) is 2.29. The molecule has 5 heteroatoms. The van der Waals surface area contributed by atoms with Crippen LogP contribution in [0, 0.1) is 11.3 Å². The Hall–Kier alpha value is -1.80. The van der Waals surface area contributed by atoms with Gasteiger partial charge in [0.05, 0.1) is 11.3 Å². The molecular weight excluding hydrogens is 204 g/mol. The number of rotatable bonds is 5. The first-order valence-electron chi connectivity index (χ1n) is 5.05. The van der Waals surface area contributed by atoms with E-state index in [0.29, 0.717) is 23.7 Å². The first kappa shape index (κ1) is 12.3. The number of methoxy groups -OCH3 is 1. The maximum Gasteiger partial charge on any atom is 0.152 e. The maximum atomic E-state index is 8.84. The van der Waals surface area contributed by atoms with Gasteiger partial charge < -0.3 is 15.4 Å². The van der Waals surface area contributed by atoms with Crippen LogP contribution in [0.5, 0.6) is 0 Å². The molecule has 2 N–H and O–H groups in total. The Morgan fingerprint density at radius 2 is 2.38 bits per heavy atom. The molecule has 0 fully saturated rings. The number of nitrogens with zero attached hydrogens (tertiary/aromatic N) is 3. The third-order valence-electron chi connectivity index (χ3n) is 2.29. The third-order valence-corrected chi connectivity index (χ3v) is 2.29. The summed E-state index contributed by atoms with van der Waals surface area (Å²) < 4.78 is 4.97.